The minimum atomic E-state index is -0.598. The minimum Gasteiger partial charge on any atom is -0.497 e. The Kier molecular flexibility index (Phi) is 3.45. The molecule has 0 N–H and O–H groups in total. The molecule has 0 aliphatic rings. The van der Waals surface area contributed by atoms with E-state index in [4.69, 9.17) is 26.1 Å². The lowest BCUT2D eigenvalue weighted by Crippen LogP contribution is -2.25. The third kappa shape index (κ3) is 2.53. The Labute approximate surface area is 125 Å². The molecule has 21 heavy (non-hydrogen) atoms. The van der Waals surface area contributed by atoms with E-state index < -0.39 is 5.76 Å². The molecule has 0 amide bonds. The molecule has 5 nitrogen and oxygen atoms in total. The molecule has 0 atom stereocenters. The second kappa shape index (κ2) is 5.41. The molecule has 3 aromatic rings. The van der Waals surface area contributed by atoms with Crippen LogP contribution >= 0.6 is 12.2 Å². The summed E-state index contributed by atoms with van der Waals surface area (Å²) in [7, 11) is 1.54. The van der Waals surface area contributed by atoms with Crippen molar-refractivity contribution in [3.8, 4) is 11.5 Å². The van der Waals surface area contributed by atoms with Crippen LogP contribution in [0.15, 0.2) is 57.7 Å². The van der Waals surface area contributed by atoms with Gasteiger partial charge < -0.3 is 13.9 Å². The van der Waals surface area contributed by atoms with Crippen LogP contribution in [0.2, 0.25) is 0 Å². The fraction of sp³-hybridized carbons (Fsp3) is 0.0667. The summed E-state index contributed by atoms with van der Waals surface area (Å²) in [6.07, 6.45) is 0. The number of hydrogen-bond donors (Lipinski definition) is 0. The van der Waals surface area contributed by atoms with Crippen LogP contribution in [0, 0.1) is 0 Å². The summed E-state index contributed by atoms with van der Waals surface area (Å²) in [4.78, 5) is 12.0. The highest BCUT2D eigenvalue weighted by molar-refractivity contribution is 7.80. The van der Waals surface area contributed by atoms with Crippen molar-refractivity contribution in [1.82, 2.24) is 4.57 Å². The average Bonchev–Trinajstić information content (AvgIpc) is 2.83. The van der Waals surface area contributed by atoms with Crippen molar-refractivity contribution < 1.29 is 13.9 Å². The van der Waals surface area contributed by atoms with Crippen LogP contribution in [-0.2, 0) is 0 Å². The van der Waals surface area contributed by atoms with Crippen LogP contribution in [0.25, 0.3) is 11.1 Å². The number of rotatable bonds is 2. The highest BCUT2D eigenvalue weighted by Gasteiger charge is 2.15. The lowest BCUT2D eigenvalue weighted by Gasteiger charge is -2.06. The predicted molar refractivity (Wildman–Crippen MR) is 82.1 cm³/mol. The van der Waals surface area contributed by atoms with E-state index in [9.17, 15) is 4.79 Å². The first-order chi connectivity index (χ1) is 10.2. The highest BCUT2D eigenvalue weighted by atomic mass is 32.1. The molecule has 0 radical (unpaired) electrons. The van der Waals surface area contributed by atoms with Gasteiger partial charge in [0, 0.05) is 6.07 Å². The van der Waals surface area contributed by atoms with E-state index >= 15 is 0 Å². The van der Waals surface area contributed by atoms with Gasteiger partial charge in [-0.15, -0.1) is 0 Å². The fourth-order valence-electron chi connectivity index (χ4n) is 1.93. The lowest BCUT2D eigenvalue weighted by molar-refractivity contribution is 0.414. The molecule has 0 bridgehead atoms. The molecule has 6 heteroatoms. The SMILES string of the molecule is COc1ccc2c(c1)oc(=O)n2C(=S)Oc1ccccc1. The quantitative estimate of drug-likeness (QED) is 0.681. The average molecular weight is 301 g/mol. The van der Waals surface area contributed by atoms with Crippen molar-refractivity contribution in [3.63, 3.8) is 0 Å². The van der Waals surface area contributed by atoms with Crippen molar-refractivity contribution in [3.05, 3.63) is 59.1 Å². The van der Waals surface area contributed by atoms with Gasteiger partial charge in [0.1, 0.15) is 11.5 Å². The van der Waals surface area contributed by atoms with Crippen LogP contribution in [0.4, 0.5) is 0 Å². The van der Waals surface area contributed by atoms with Crippen LogP contribution in [0.3, 0.4) is 0 Å². The molecular weight excluding hydrogens is 290 g/mol. The van der Waals surface area contributed by atoms with E-state index in [-0.39, 0.29) is 5.17 Å². The van der Waals surface area contributed by atoms with Crippen LogP contribution in [0.1, 0.15) is 0 Å². The Balaban J connectivity index is 2.02. The topological polar surface area (TPSA) is 53.6 Å². The van der Waals surface area contributed by atoms with Gasteiger partial charge in [0.05, 0.1) is 12.6 Å². The summed E-state index contributed by atoms with van der Waals surface area (Å²) in [5, 5.41) is 0.00937. The zero-order valence-electron chi connectivity index (χ0n) is 11.1. The van der Waals surface area contributed by atoms with Crippen molar-refractivity contribution in [1.29, 1.82) is 0 Å². The Bertz CT molecular complexity index is 851. The monoisotopic (exact) mass is 301 g/mol. The second-order valence-corrected chi connectivity index (χ2v) is 4.57. The number of para-hydroxylation sites is 1. The summed E-state index contributed by atoms with van der Waals surface area (Å²) in [5.74, 6) is 0.551. The van der Waals surface area contributed by atoms with Gasteiger partial charge in [0.2, 0.25) is 0 Å². The summed E-state index contributed by atoms with van der Waals surface area (Å²) in [6, 6.07) is 14.0. The third-order valence-corrected chi connectivity index (χ3v) is 3.18. The molecule has 0 fully saturated rings. The molecule has 106 valence electrons. The smallest absolute Gasteiger partial charge is 0.427 e. The molecule has 0 aliphatic heterocycles. The summed E-state index contributed by atoms with van der Waals surface area (Å²) >= 11 is 5.18. The predicted octanol–water partition coefficient (Wildman–Crippen LogP) is 2.82. The molecule has 0 unspecified atom stereocenters. The number of thiocarbonyl (C=S) groups is 1. The van der Waals surface area contributed by atoms with Crippen LogP contribution in [-0.4, -0.2) is 16.9 Å². The van der Waals surface area contributed by atoms with Gasteiger partial charge in [-0.1, -0.05) is 18.2 Å². The maximum atomic E-state index is 12.0. The van der Waals surface area contributed by atoms with Gasteiger partial charge in [-0.2, -0.15) is 0 Å². The van der Waals surface area contributed by atoms with E-state index in [1.807, 2.05) is 18.2 Å². The maximum Gasteiger partial charge on any atom is 0.427 e. The van der Waals surface area contributed by atoms with Crippen LogP contribution in [0.5, 0.6) is 11.5 Å². The van der Waals surface area contributed by atoms with Crippen molar-refractivity contribution in [2.24, 2.45) is 0 Å². The summed E-state index contributed by atoms with van der Waals surface area (Å²) in [5.41, 5.74) is 0.917. The standard InChI is InChI=1S/C15H11NO4S/c1-18-11-7-8-12-13(9-11)20-14(17)16(12)15(21)19-10-5-3-2-4-6-10/h2-9H,1H3. The summed E-state index contributed by atoms with van der Waals surface area (Å²) in [6.45, 7) is 0. The van der Waals surface area contributed by atoms with Gasteiger partial charge in [-0.3, -0.25) is 0 Å². The molecule has 0 aliphatic carbocycles. The number of oxazole rings is 1. The molecule has 1 aromatic heterocycles. The normalized spacial score (nSPS) is 10.5. The molecule has 0 saturated heterocycles. The first kappa shape index (κ1) is 13.4. The van der Waals surface area contributed by atoms with Gasteiger partial charge in [-0.05, 0) is 36.5 Å². The van der Waals surface area contributed by atoms with Crippen molar-refractivity contribution in [2.45, 2.75) is 0 Å². The van der Waals surface area contributed by atoms with E-state index in [1.54, 1.807) is 37.4 Å². The molecule has 0 spiro atoms. The number of benzene rings is 2. The van der Waals surface area contributed by atoms with E-state index in [0.29, 0.717) is 22.6 Å². The van der Waals surface area contributed by atoms with E-state index in [2.05, 4.69) is 0 Å². The van der Waals surface area contributed by atoms with Gasteiger partial charge in [0.15, 0.2) is 5.58 Å². The number of aromatic nitrogens is 1. The Morgan fingerprint density at radius 2 is 1.90 bits per heavy atom. The van der Waals surface area contributed by atoms with Gasteiger partial charge >= 0.3 is 5.76 Å². The van der Waals surface area contributed by atoms with E-state index in [1.165, 1.54) is 4.57 Å². The van der Waals surface area contributed by atoms with Crippen molar-refractivity contribution >= 4 is 28.5 Å². The van der Waals surface area contributed by atoms with Gasteiger partial charge in [0.25, 0.3) is 5.17 Å². The second-order valence-electron chi connectivity index (χ2n) is 4.22. The van der Waals surface area contributed by atoms with Crippen LogP contribution < -0.4 is 15.2 Å². The first-order valence-corrected chi connectivity index (χ1v) is 6.56. The summed E-state index contributed by atoms with van der Waals surface area (Å²) < 4.78 is 17.0. The Morgan fingerprint density at radius 1 is 1.14 bits per heavy atom. The Morgan fingerprint density at radius 3 is 2.62 bits per heavy atom. The van der Waals surface area contributed by atoms with E-state index in [0.717, 1.165) is 0 Å². The Hall–Kier alpha value is -2.60. The number of hydrogen-bond acceptors (Lipinski definition) is 5. The van der Waals surface area contributed by atoms with Crippen molar-refractivity contribution in [2.75, 3.05) is 7.11 Å². The molecule has 1 heterocycles. The number of fused-ring (bicyclic) bond motifs is 1. The number of methoxy groups -OCH3 is 1. The zero-order chi connectivity index (χ0) is 14.8. The van der Waals surface area contributed by atoms with Gasteiger partial charge in [-0.25, -0.2) is 9.36 Å². The lowest BCUT2D eigenvalue weighted by atomic mass is 10.3. The molecule has 3 rings (SSSR count). The largest absolute Gasteiger partial charge is 0.497 e. The highest BCUT2D eigenvalue weighted by Crippen LogP contribution is 2.20. The molecule has 0 saturated carbocycles. The fourth-order valence-corrected chi connectivity index (χ4v) is 2.20. The first-order valence-electron chi connectivity index (χ1n) is 6.16. The molecular formula is C15H11NO4S. The zero-order valence-corrected chi connectivity index (χ0v) is 11.9. The minimum absolute atomic E-state index is 0.00937. The number of nitrogens with zero attached hydrogens (tertiary/aromatic N) is 1. The third-order valence-electron chi connectivity index (χ3n) is 2.92. The molecule has 2 aromatic carbocycles. The maximum absolute atomic E-state index is 12.0. The number of ether oxygens (including phenoxy) is 2.